The first-order chi connectivity index (χ1) is 11.4. The van der Waals surface area contributed by atoms with Crippen LogP contribution < -0.4 is 5.32 Å². The van der Waals surface area contributed by atoms with Crippen LogP contribution in [0.4, 0.5) is 5.69 Å². The lowest BCUT2D eigenvalue weighted by Gasteiger charge is -2.32. The molecule has 1 aliphatic heterocycles. The average molecular weight is 354 g/mol. The zero-order valence-corrected chi connectivity index (χ0v) is 14.6. The van der Waals surface area contributed by atoms with Crippen molar-refractivity contribution in [1.82, 2.24) is 4.31 Å². The third kappa shape index (κ3) is 4.12. The van der Waals surface area contributed by atoms with Gasteiger partial charge in [0, 0.05) is 19.2 Å². The molecule has 24 heavy (non-hydrogen) atoms. The number of amides is 1. The van der Waals surface area contributed by atoms with E-state index in [-0.39, 0.29) is 17.4 Å². The van der Waals surface area contributed by atoms with Crippen LogP contribution in [0.25, 0.3) is 0 Å². The Balaban J connectivity index is 2.26. The summed E-state index contributed by atoms with van der Waals surface area (Å²) in [5.41, 5.74) is 0.516. The summed E-state index contributed by atoms with van der Waals surface area (Å²) in [6.07, 6.45) is 1.96. The number of anilines is 1. The van der Waals surface area contributed by atoms with E-state index in [0.717, 1.165) is 6.42 Å². The molecule has 0 saturated carbocycles. The van der Waals surface area contributed by atoms with Gasteiger partial charge in [-0.1, -0.05) is 0 Å². The maximum atomic E-state index is 12.9. The summed E-state index contributed by atoms with van der Waals surface area (Å²) in [4.78, 5) is 23.2. The molecule has 1 amide bonds. The number of benzene rings is 1. The smallest absolute Gasteiger partial charge is 0.324 e. The Morgan fingerprint density at radius 2 is 1.92 bits per heavy atom. The van der Waals surface area contributed by atoms with Gasteiger partial charge in [0.15, 0.2) is 0 Å². The number of nitrogens with one attached hydrogen (secondary N) is 1. The van der Waals surface area contributed by atoms with Crippen LogP contribution in [0.15, 0.2) is 29.2 Å². The van der Waals surface area contributed by atoms with Crippen molar-refractivity contribution in [2.24, 2.45) is 0 Å². The largest absolute Gasteiger partial charge is 0.465 e. The second kappa shape index (κ2) is 7.76. The molecule has 0 radical (unpaired) electrons. The van der Waals surface area contributed by atoms with E-state index in [2.05, 4.69) is 5.32 Å². The van der Waals surface area contributed by atoms with E-state index in [9.17, 15) is 18.0 Å². The first-order valence-electron chi connectivity index (χ1n) is 7.92. The average Bonchev–Trinajstić information content (AvgIpc) is 2.55. The SMILES string of the molecule is CCOC(=O)C1CCCCN1S(=O)(=O)c1ccc(NC(C)=O)cc1. The fourth-order valence-electron chi connectivity index (χ4n) is 2.72. The zero-order chi connectivity index (χ0) is 17.7. The Kier molecular flexibility index (Phi) is 5.95. The van der Waals surface area contributed by atoms with Crippen molar-refractivity contribution in [3.05, 3.63) is 24.3 Å². The summed E-state index contributed by atoms with van der Waals surface area (Å²) in [6, 6.07) is 5.13. The number of piperidine rings is 1. The van der Waals surface area contributed by atoms with E-state index in [0.29, 0.717) is 25.1 Å². The van der Waals surface area contributed by atoms with E-state index in [1.165, 1.54) is 35.5 Å². The summed E-state index contributed by atoms with van der Waals surface area (Å²) < 4.78 is 32.0. The van der Waals surface area contributed by atoms with Gasteiger partial charge in [0.2, 0.25) is 15.9 Å². The lowest BCUT2D eigenvalue weighted by atomic mass is 10.1. The molecule has 0 aliphatic carbocycles. The van der Waals surface area contributed by atoms with Crippen molar-refractivity contribution < 1.29 is 22.7 Å². The van der Waals surface area contributed by atoms with Gasteiger partial charge in [-0.25, -0.2) is 8.42 Å². The molecule has 0 bridgehead atoms. The van der Waals surface area contributed by atoms with Crippen molar-refractivity contribution in [2.45, 2.75) is 44.0 Å². The maximum absolute atomic E-state index is 12.9. The van der Waals surface area contributed by atoms with Gasteiger partial charge < -0.3 is 10.1 Å². The topological polar surface area (TPSA) is 92.8 Å². The highest BCUT2D eigenvalue weighted by molar-refractivity contribution is 7.89. The van der Waals surface area contributed by atoms with Crippen molar-refractivity contribution in [3.63, 3.8) is 0 Å². The normalized spacial score (nSPS) is 18.8. The van der Waals surface area contributed by atoms with Crippen LogP contribution in [0.3, 0.4) is 0 Å². The highest BCUT2D eigenvalue weighted by Gasteiger charge is 2.38. The number of hydrogen-bond donors (Lipinski definition) is 1. The van der Waals surface area contributed by atoms with Crippen molar-refractivity contribution in [2.75, 3.05) is 18.5 Å². The lowest BCUT2D eigenvalue weighted by Crippen LogP contribution is -2.48. The minimum Gasteiger partial charge on any atom is -0.465 e. The first-order valence-corrected chi connectivity index (χ1v) is 9.36. The Hall–Kier alpha value is -1.93. The van der Waals surface area contributed by atoms with Crippen molar-refractivity contribution >= 4 is 27.6 Å². The van der Waals surface area contributed by atoms with E-state index < -0.39 is 22.0 Å². The quantitative estimate of drug-likeness (QED) is 0.813. The summed E-state index contributed by atoms with van der Waals surface area (Å²) in [5.74, 6) is -0.736. The van der Waals surface area contributed by atoms with Crippen LogP contribution in [-0.4, -0.2) is 43.8 Å². The number of esters is 1. The van der Waals surface area contributed by atoms with Gasteiger partial charge in [-0.3, -0.25) is 9.59 Å². The molecule has 1 aromatic carbocycles. The Morgan fingerprint density at radius 1 is 1.25 bits per heavy atom. The van der Waals surface area contributed by atoms with E-state index in [4.69, 9.17) is 4.74 Å². The predicted molar refractivity (Wildman–Crippen MR) is 88.9 cm³/mol. The number of carbonyl (C=O) groups excluding carboxylic acids is 2. The number of hydrogen-bond acceptors (Lipinski definition) is 5. The standard InChI is InChI=1S/C16H22N2O5S/c1-3-23-16(20)15-6-4-5-11-18(15)24(21,22)14-9-7-13(8-10-14)17-12(2)19/h7-10,15H,3-6,11H2,1-2H3,(H,17,19). The molecule has 1 saturated heterocycles. The molecule has 1 heterocycles. The van der Waals surface area contributed by atoms with Gasteiger partial charge in [-0.2, -0.15) is 4.31 Å². The molecular weight excluding hydrogens is 332 g/mol. The number of sulfonamides is 1. The molecule has 2 rings (SSSR count). The monoisotopic (exact) mass is 354 g/mol. The van der Waals surface area contributed by atoms with Crippen molar-refractivity contribution in [3.8, 4) is 0 Å². The Labute approximate surface area is 142 Å². The number of rotatable bonds is 5. The number of carbonyl (C=O) groups is 2. The van der Waals surface area contributed by atoms with Crippen LogP contribution in [-0.2, 0) is 24.3 Å². The first kappa shape index (κ1) is 18.4. The van der Waals surface area contributed by atoms with Gasteiger partial charge in [0.25, 0.3) is 0 Å². The molecule has 132 valence electrons. The van der Waals surface area contributed by atoms with Crippen LogP contribution in [0, 0.1) is 0 Å². The van der Waals surface area contributed by atoms with Gasteiger partial charge in [-0.05, 0) is 50.5 Å². The van der Waals surface area contributed by atoms with Gasteiger partial charge in [0.05, 0.1) is 11.5 Å². The molecule has 1 aromatic rings. The van der Waals surface area contributed by atoms with Gasteiger partial charge >= 0.3 is 5.97 Å². The summed E-state index contributed by atoms with van der Waals surface area (Å²) >= 11 is 0. The predicted octanol–water partition coefficient (Wildman–Crippen LogP) is 1.75. The maximum Gasteiger partial charge on any atom is 0.324 e. The number of ether oxygens (including phenoxy) is 1. The highest BCUT2D eigenvalue weighted by Crippen LogP contribution is 2.27. The second-order valence-electron chi connectivity index (χ2n) is 5.58. The van der Waals surface area contributed by atoms with E-state index in [1.807, 2.05) is 0 Å². The Morgan fingerprint density at radius 3 is 2.50 bits per heavy atom. The van der Waals surface area contributed by atoms with Crippen LogP contribution in [0.5, 0.6) is 0 Å². The summed E-state index contributed by atoms with van der Waals surface area (Å²) in [6.45, 7) is 3.58. The second-order valence-corrected chi connectivity index (χ2v) is 7.48. The van der Waals surface area contributed by atoms with E-state index >= 15 is 0 Å². The van der Waals surface area contributed by atoms with Crippen LogP contribution in [0.1, 0.15) is 33.1 Å². The molecule has 1 aliphatic rings. The minimum atomic E-state index is -3.80. The molecular formula is C16H22N2O5S. The fraction of sp³-hybridized carbons (Fsp3) is 0.500. The van der Waals surface area contributed by atoms with Crippen molar-refractivity contribution in [1.29, 1.82) is 0 Å². The summed E-state index contributed by atoms with van der Waals surface area (Å²) in [5, 5.41) is 2.59. The lowest BCUT2D eigenvalue weighted by molar-refractivity contribution is -0.148. The van der Waals surface area contributed by atoms with Gasteiger partial charge in [0.1, 0.15) is 6.04 Å². The third-order valence-electron chi connectivity index (χ3n) is 3.79. The van der Waals surface area contributed by atoms with Gasteiger partial charge in [-0.15, -0.1) is 0 Å². The fourth-order valence-corrected chi connectivity index (χ4v) is 4.36. The molecule has 1 fully saturated rings. The Bertz CT molecular complexity index is 700. The molecule has 8 heteroatoms. The minimum absolute atomic E-state index is 0.0906. The molecule has 7 nitrogen and oxygen atoms in total. The molecule has 0 aromatic heterocycles. The number of nitrogens with zero attached hydrogens (tertiary/aromatic N) is 1. The van der Waals surface area contributed by atoms with Crippen LogP contribution in [0.2, 0.25) is 0 Å². The molecule has 1 unspecified atom stereocenters. The molecule has 0 spiro atoms. The van der Waals surface area contributed by atoms with Crippen LogP contribution >= 0.6 is 0 Å². The zero-order valence-electron chi connectivity index (χ0n) is 13.8. The third-order valence-corrected chi connectivity index (χ3v) is 5.72. The molecule has 1 atom stereocenters. The molecule has 1 N–H and O–H groups in total. The van der Waals surface area contributed by atoms with E-state index in [1.54, 1.807) is 6.92 Å². The summed E-state index contributed by atoms with van der Waals surface area (Å²) in [7, 11) is -3.80. The highest BCUT2D eigenvalue weighted by atomic mass is 32.2.